The summed E-state index contributed by atoms with van der Waals surface area (Å²) in [6, 6.07) is 7.21. The van der Waals surface area contributed by atoms with Crippen LogP contribution >= 0.6 is 11.6 Å². The van der Waals surface area contributed by atoms with Crippen LogP contribution < -0.4 is 4.74 Å². The first-order chi connectivity index (χ1) is 15.0. The van der Waals surface area contributed by atoms with Crippen molar-refractivity contribution in [2.24, 2.45) is 5.92 Å². The Morgan fingerprint density at radius 3 is 2.00 bits per heavy atom. The predicted molar refractivity (Wildman–Crippen MR) is 129 cm³/mol. The van der Waals surface area contributed by atoms with Gasteiger partial charge in [0.2, 0.25) is 0 Å². The van der Waals surface area contributed by atoms with E-state index in [1.54, 1.807) is 12.1 Å². The second kappa shape index (κ2) is 14.2. The van der Waals surface area contributed by atoms with Gasteiger partial charge in [-0.2, -0.15) is 0 Å². The van der Waals surface area contributed by atoms with Crippen molar-refractivity contribution in [3.05, 3.63) is 42.2 Å². The number of unbranched alkanes of at least 4 members (excludes halogenated alkanes) is 8. The Kier molecular flexibility index (Phi) is 11.6. The Labute approximate surface area is 192 Å². The number of hydrogen-bond donors (Lipinski definition) is 0. The molecule has 0 spiro atoms. The third-order valence-electron chi connectivity index (χ3n) is 5.42. The Hall–Kier alpha value is -1.94. The molecule has 31 heavy (non-hydrogen) atoms. The van der Waals surface area contributed by atoms with Gasteiger partial charge in [0.1, 0.15) is 11.1 Å². The highest BCUT2D eigenvalue weighted by Crippen LogP contribution is 2.21. The molecule has 170 valence electrons. The normalized spacial score (nSPS) is 12.2. The van der Waals surface area contributed by atoms with Crippen LogP contribution in [0.4, 0.5) is 0 Å². The quantitative estimate of drug-likeness (QED) is 0.132. The van der Waals surface area contributed by atoms with Crippen molar-refractivity contribution in [3.63, 3.8) is 0 Å². The molecule has 0 aliphatic heterocycles. The van der Waals surface area contributed by atoms with Crippen LogP contribution in [0.25, 0.3) is 11.4 Å². The van der Waals surface area contributed by atoms with E-state index in [2.05, 4.69) is 16.9 Å². The Balaban J connectivity index is 1.73. The Morgan fingerprint density at radius 1 is 0.903 bits per heavy atom. The predicted octanol–water partition coefficient (Wildman–Crippen LogP) is 7.39. The molecule has 0 saturated carbocycles. The molecule has 0 amide bonds. The minimum Gasteiger partial charge on any atom is -0.425 e. The molecule has 1 atom stereocenters. The molecule has 2 aromatic rings. The van der Waals surface area contributed by atoms with Crippen molar-refractivity contribution in [2.45, 2.75) is 90.4 Å². The zero-order chi connectivity index (χ0) is 22.5. The standard InChI is InChI=1S/C26H37ClN2O2/c1-4-5-6-7-8-9-10-11-12-13-21-18-28-25(29-19-21)22-14-16-23(17-15-22)31-26(30)24(27)20(2)3/h14-20,24H,4-13H2,1-3H3. The van der Waals surface area contributed by atoms with E-state index in [9.17, 15) is 4.79 Å². The maximum atomic E-state index is 12.0. The Bertz CT molecular complexity index is 760. The molecule has 0 fully saturated rings. The van der Waals surface area contributed by atoms with Crippen LogP contribution in [0.1, 0.15) is 84.1 Å². The van der Waals surface area contributed by atoms with Crippen LogP contribution in [-0.4, -0.2) is 21.3 Å². The van der Waals surface area contributed by atoms with E-state index < -0.39 is 11.3 Å². The van der Waals surface area contributed by atoms with E-state index in [4.69, 9.17) is 16.3 Å². The van der Waals surface area contributed by atoms with Gasteiger partial charge in [0, 0.05) is 18.0 Å². The summed E-state index contributed by atoms with van der Waals surface area (Å²) in [7, 11) is 0. The number of carbonyl (C=O) groups is 1. The number of aromatic nitrogens is 2. The number of alkyl halides is 1. The highest BCUT2D eigenvalue weighted by atomic mass is 35.5. The molecule has 0 radical (unpaired) electrons. The van der Waals surface area contributed by atoms with Gasteiger partial charge in [0.05, 0.1) is 0 Å². The van der Waals surface area contributed by atoms with Gasteiger partial charge in [0.25, 0.3) is 0 Å². The lowest BCUT2D eigenvalue weighted by Gasteiger charge is -2.12. The number of ether oxygens (including phenoxy) is 1. The third kappa shape index (κ3) is 9.39. The maximum absolute atomic E-state index is 12.0. The molecule has 1 heterocycles. The van der Waals surface area contributed by atoms with Gasteiger partial charge >= 0.3 is 5.97 Å². The van der Waals surface area contributed by atoms with Gasteiger partial charge in [-0.3, -0.25) is 4.79 Å². The van der Waals surface area contributed by atoms with E-state index in [1.807, 2.05) is 38.4 Å². The summed E-state index contributed by atoms with van der Waals surface area (Å²) >= 11 is 6.05. The zero-order valence-corrected chi connectivity index (χ0v) is 20.0. The molecule has 4 nitrogen and oxygen atoms in total. The maximum Gasteiger partial charge on any atom is 0.329 e. The third-order valence-corrected chi connectivity index (χ3v) is 6.10. The topological polar surface area (TPSA) is 52.1 Å². The summed E-state index contributed by atoms with van der Waals surface area (Å²) < 4.78 is 5.33. The van der Waals surface area contributed by atoms with E-state index in [1.165, 1.54) is 63.4 Å². The summed E-state index contributed by atoms with van der Waals surface area (Å²) in [6.45, 7) is 6.04. The molecular weight excluding hydrogens is 408 g/mol. The van der Waals surface area contributed by atoms with Crippen LogP contribution in [0.3, 0.4) is 0 Å². The van der Waals surface area contributed by atoms with Crippen LogP contribution in [0.15, 0.2) is 36.7 Å². The monoisotopic (exact) mass is 444 g/mol. The van der Waals surface area contributed by atoms with Crippen molar-refractivity contribution < 1.29 is 9.53 Å². The average Bonchev–Trinajstić information content (AvgIpc) is 2.78. The molecule has 1 aromatic heterocycles. The first-order valence-electron chi connectivity index (χ1n) is 11.8. The first-order valence-corrected chi connectivity index (χ1v) is 12.2. The smallest absolute Gasteiger partial charge is 0.329 e. The summed E-state index contributed by atoms with van der Waals surface area (Å²) in [4.78, 5) is 21.0. The van der Waals surface area contributed by atoms with Gasteiger partial charge in [0.15, 0.2) is 5.82 Å². The lowest BCUT2D eigenvalue weighted by Crippen LogP contribution is -2.25. The largest absolute Gasteiger partial charge is 0.425 e. The van der Waals surface area contributed by atoms with E-state index in [0.717, 1.165) is 12.0 Å². The van der Waals surface area contributed by atoms with Crippen molar-refractivity contribution in [1.82, 2.24) is 9.97 Å². The zero-order valence-electron chi connectivity index (χ0n) is 19.3. The van der Waals surface area contributed by atoms with Gasteiger partial charge < -0.3 is 4.74 Å². The average molecular weight is 445 g/mol. The molecule has 0 saturated heterocycles. The van der Waals surface area contributed by atoms with Gasteiger partial charge in [-0.1, -0.05) is 72.1 Å². The first kappa shape index (κ1) is 25.3. The SMILES string of the molecule is CCCCCCCCCCCc1cnc(-c2ccc(OC(=O)C(Cl)C(C)C)cc2)nc1. The highest BCUT2D eigenvalue weighted by Gasteiger charge is 2.21. The summed E-state index contributed by atoms with van der Waals surface area (Å²) in [6.07, 6.45) is 16.8. The minimum absolute atomic E-state index is 0.0240. The highest BCUT2D eigenvalue weighted by molar-refractivity contribution is 6.30. The van der Waals surface area contributed by atoms with Crippen molar-refractivity contribution >= 4 is 17.6 Å². The van der Waals surface area contributed by atoms with Crippen molar-refractivity contribution in [2.75, 3.05) is 0 Å². The van der Waals surface area contributed by atoms with Gasteiger partial charge in [-0.05, 0) is 48.6 Å². The van der Waals surface area contributed by atoms with Crippen molar-refractivity contribution in [3.8, 4) is 17.1 Å². The fourth-order valence-electron chi connectivity index (χ4n) is 3.39. The molecule has 1 unspecified atom stereocenters. The minimum atomic E-state index is -0.652. The number of carbonyl (C=O) groups excluding carboxylic acids is 1. The number of halogens is 1. The molecule has 2 rings (SSSR count). The number of aryl methyl sites for hydroxylation is 1. The second-order valence-corrected chi connectivity index (χ2v) is 9.05. The van der Waals surface area contributed by atoms with Crippen LogP contribution in [-0.2, 0) is 11.2 Å². The van der Waals surface area contributed by atoms with E-state index in [-0.39, 0.29) is 5.92 Å². The number of benzene rings is 1. The van der Waals surface area contributed by atoms with E-state index >= 15 is 0 Å². The summed E-state index contributed by atoms with van der Waals surface area (Å²) in [5.41, 5.74) is 2.07. The molecule has 0 N–H and O–H groups in total. The molecule has 5 heteroatoms. The molecule has 0 bridgehead atoms. The van der Waals surface area contributed by atoms with Crippen molar-refractivity contribution in [1.29, 1.82) is 0 Å². The molecular formula is C26H37ClN2O2. The number of hydrogen-bond acceptors (Lipinski definition) is 4. The fraction of sp³-hybridized carbons (Fsp3) is 0.577. The lowest BCUT2D eigenvalue weighted by atomic mass is 10.1. The summed E-state index contributed by atoms with van der Waals surface area (Å²) in [5.74, 6) is 0.741. The number of esters is 1. The van der Waals surface area contributed by atoms with Gasteiger partial charge in [-0.25, -0.2) is 9.97 Å². The number of nitrogens with zero attached hydrogens (tertiary/aromatic N) is 2. The Morgan fingerprint density at radius 2 is 1.45 bits per heavy atom. The molecule has 0 aliphatic carbocycles. The molecule has 1 aromatic carbocycles. The van der Waals surface area contributed by atoms with Crippen LogP contribution in [0.2, 0.25) is 0 Å². The lowest BCUT2D eigenvalue weighted by molar-refractivity contribution is -0.134. The number of rotatable bonds is 14. The second-order valence-electron chi connectivity index (χ2n) is 8.58. The van der Waals surface area contributed by atoms with Crippen LogP contribution in [0.5, 0.6) is 5.75 Å². The fourth-order valence-corrected chi connectivity index (χ4v) is 3.43. The van der Waals surface area contributed by atoms with Gasteiger partial charge in [-0.15, -0.1) is 11.6 Å². The molecule has 0 aliphatic rings. The summed E-state index contributed by atoms with van der Waals surface area (Å²) in [5, 5.41) is -0.652. The van der Waals surface area contributed by atoms with Crippen LogP contribution in [0, 0.1) is 5.92 Å². The van der Waals surface area contributed by atoms with E-state index in [0.29, 0.717) is 11.6 Å².